The van der Waals surface area contributed by atoms with Crippen molar-refractivity contribution in [1.82, 2.24) is 9.97 Å². The Balaban J connectivity index is 2.03. The van der Waals surface area contributed by atoms with Crippen LogP contribution in [0.2, 0.25) is 5.15 Å². The van der Waals surface area contributed by atoms with Crippen LogP contribution in [0.4, 0.5) is 5.82 Å². The van der Waals surface area contributed by atoms with Crippen LogP contribution in [0.1, 0.15) is 44.6 Å². The lowest BCUT2D eigenvalue weighted by Gasteiger charge is -2.32. The Morgan fingerprint density at radius 1 is 1.33 bits per heavy atom. The van der Waals surface area contributed by atoms with Crippen molar-refractivity contribution < 1.29 is 5.11 Å². The van der Waals surface area contributed by atoms with E-state index < -0.39 is 5.60 Å². The highest BCUT2D eigenvalue weighted by Gasteiger charge is 2.29. The Kier molecular flexibility index (Phi) is 4.40. The van der Waals surface area contributed by atoms with Gasteiger partial charge in [-0.1, -0.05) is 37.8 Å². The van der Waals surface area contributed by atoms with Crippen LogP contribution >= 0.6 is 11.6 Å². The van der Waals surface area contributed by atoms with Gasteiger partial charge < -0.3 is 10.4 Å². The van der Waals surface area contributed by atoms with Crippen LogP contribution in [-0.4, -0.2) is 27.2 Å². The Labute approximate surface area is 113 Å². The van der Waals surface area contributed by atoms with Gasteiger partial charge in [0.25, 0.3) is 0 Å². The molecule has 0 bridgehead atoms. The lowest BCUT2D eigenvalue weighted by atomic mass is 9.85. The summed E-state index contributed by atoms with van der Waals surface area (Å²) in [6.07, 6.45) is 7.38. The normalized spacial score (nSPS) is 18.6. The van der Waals surface area contributed by atoms with Gasteiger partial charge in [0.1, 0.15) is 17.3 Å². The topological polar surface area (TPSA) is 58.0 Å². The van der Waals surface area contributed by atoms with E-state index in [1.54, 1.807) is 0 Å². The Bertz CT molecular complexity index is 405. The number of hydrogen-bond donors (Lipinski definition) is 2. The number of nitrogens with zero attached hydrogens (tertiary/aromatic N) is 2. The molecule has 1 aliphatic carbocycles. The molecule has 1 aliphatic rings. The van der Waals surface area contributed by atoms with E-state index in [0.29, 0.717) is 11.7 Å². The molecule has 0 aromatic carbocycles. The molecule has 5 heteroatoms. The molecule has 1 aromatic heterocycles. The van der Waals surface area contributed by atoms with Crippen LogP contribution in [0, 0.1) is 0 Å². The predicted molar refractivity (Wildman–Crippen MR) is 72.9 cm³/mol. The molecule has 100 valence electrons. The van der Waals surface area contributed by atoms with Gasteiger partial charge in [0.2, 0.25) is 0 Å². The van der Waals surface area contributed by atoms with Crippen molar-refractivity contribution in [3.63, 3.8) is 0 Å². The van der Waals surface area contributed by atoms with Crippen molar-refractivity contribution in [2.24, 2.45) is 0 Å². The van der Waals surface area contributed by atoms with Gasteiger partial charge >= 0.3 is 0 Å². The summed E-state index contributed by atoms with van der Waals surface area (Å²) in [6.45, 7) is 2.55. The minimum atomic E-state index is -0.597. The fourth-order valence-corrected chi connectivity index (χ4v) is 2.76. The molecule has 1 heterocycles. The highest BCUT2D eigenvalue weighted by Crippen LogP contribution is 2.29. The molecule has 0 amide bonds. The number of rotatable bonds is 4. The first-order valence-electron chi connectivity index (χ1n) is 6.60. The highest BCUT2D eigenvalue weighted by molar-refractivity contribution is 6.30. The van der Waals surface area contributed by atoms with Crippen molar-refractivity contribution in [2.75, 3.05) is 11.9 Å². The van der Waals surface area contributed by atoms with Gasteiger partial charge in [0, 0.05) is 12.1 Å². The summed E-state index contributed by atoms with van der Waals surface area (Å²) in [5.41, 5.74) is 0.319. The van der Waals surface area contributed by atoms with Gasteiger partial charge in [0.05, 0.1) is 5.60 Å². The zero-order valence-electron chi connectivity index (χ0n) is 10.7. The fourth-order valence-electron chi connectivity index (χ4n) is 2.49. The molecule has 0 spiro atoms. The Hall–Kier alpha value is -0.870. The Morgan fingerprint density at radius 3 is 2.72 bits per heavy atom. The van der Waals surface area contributed by atoms with E-state index in [-0.39, 0.29) is 0 Å². The second-order valence-electron chi connectivity index (χ2n) is 4.98. The molecule has 0 saturated heterocycles. The third-order valence-corrected chi connectivity index (χ3v) is 3.94. The summed E-state index contributed by atoms with van der Waals surface area (Å²) in [6, 6.07) is 0. The van der Waals surface area contributed by atoms with E-state index in [4.69, 9.17) is 11.6 Å². The van der Waals surface area contributed by atoms with Crippen LogP contribution in [0.3, 0.4) is 0 Å². The molecule has 2 rings (SSSR count). The largest absolute Gasteiger partial charge is 0.388 e. The van der Waals surface area contributed by atoms with E-state index in [9.17, 15) is 5.11 Å². The van der Waals surface area contributed by atoms with Crippen molar-refractivity contribution in [2.45, 2.75) is 51.0 Å². The summed E-state index contributed by atoms with van der Waals surface area (Å²) in [7, 11) is 0. The molecule has 0 unspecified atom stereocenters. The van der Waals surface area contributed by atoms with E-state index in [1.165, 1.54) is 12.7 Å². The monoisotopic (exact) mass is 269 g/mol. The average Bonchev–Trinajstić information content (AvgIpc) is 2.37. The zero-order valence-corrected chi connectivity index (χ0v) is 11.5. The molecule has 0 aliphatic heterocycles. The molecule has 1 aromatic rings. The maximum absolute atomic E-state index is 10.4. The fraction of sp³-hybridized carbons (Fsp3) is 0.692. The van der Waals surface area contributed by atoms with E-state index in [0.717, 1.165) is 43.5 Å². The third-order valence-electron chi connectivity index (χ3n) is 3.62. The summed E-state index contributed by atoms with van der Waals surface area (Å²) in [4.78, 5) is 8.18. The van der Waals surface area contributed by atoms with Crippen LogP contribution in [0.25, 0.3) is 0 Å². The molecule has 1 saturated carbocycles. The summed E-state index contributed by atoms with van der Waals surface area (Å²) < 4.78 is 0. The van der Waals surface area contributed by atoms with E-state index in [2.05, 4.69) is 15.3 Å². The SMILES string of the molecule is CCc1c(Cl)ncnc1NCC1(O)CCCCC1. The van der Waals surface area contributed by atoms with Gasteiger partial charge in [-0.3, -0.25) is 0 Å². The van der Waals surface area contributed by atoms with Crippen LogP contribution in [0.15, 0.2) is 6.33 Å². The van der Waals surface area contributed by atoms with E-state index >= 15 is 0 Å². The number of aliphatic hydroxyl groups is 1. The second-order valence-corrected chi connectivity index (χ2v) is 5.34. The summed E-state index contributed by atoms with van der Waals surface area (Å²) in [5, 5.41) is 14.1. The summed E-state index contributed by atoms with van der Waals surface area (Å²) in [5.74, 6) is 0.747. The van der Waals surface area contributed by atoms with Crippen LogP contribution in [0.5, 0.6) is 0 Å². The maximum Gasteiger partial charge on any atom is 0.137 e. The first kappa shape index (κ1) is 13.6. The molecular formula is C13H20ClN3O. The first-order valence-corrected chi connectivity index (χ1v) is 6.98. The maximum atomic E-state index is 10.4. The molecule has 1 fully saturated rings. The number of hydrogen-bond acceptors (Lipinski definition) is 4. The molecule has 4 nitrogen and oxygen atoms in total. The van der Waals surface area contributed by atoms with Crippen molar-refractivity contribution in [3.05, 3.63) is 17.0 Å². The lowest BCUT2D eigenvalue weighted by Crippen LogP contribution is -2.39. The summed E-state index contributed by atoms with van der Waals surface area (Å²) >= 11 is 6.03. The molecular weight excluding hydrogens is 250 g/mol. The standard InChI is InChI=1S/C13H20ClN3O/c1-2-10-11(14)16-9-17-12(10)15-8-13(18)6-4-3-5-7-13/h9,18H,2-8H2,1H3,(H,15,16,17). The van der Waals surface area contributed by atoms with Gasteiger partial charge in [0.15, 0.2) is 0 Å². The second kappa shape index (κ2) is 5.85. The molecule has 0 atom stereocenters. The number of anilines is 1. The molecule has 2 N–H and O–H groups in total. The molecule has 0 radical (unpaired) electrons. The quantitative estimate of drug-likeness (QED) is 0.826. The van der Waals surface area contributed by atoms with Crippen LogP contribution < -0.4 is 5.32 Å². The minimum Gasteiger partial charge on any atom is -0.388 e. The van der Waals surface area contributed by atoms with Gasteiger partial charge in [-0.2, -0.15) is 0 Å². The van der Waals surface area contributed by atoms with Gasteiger partial charge in [-0.15, -0.1) is 0 Å². The van der Waals surface area contributed by atoms with Crippen LogP contribution in [-0.2, 0) is 6.42 Å². The number of aromatic nitrogens is 2. The van der Waals surface area contributed by atoms with Crippen molar-refractivity contribution in [1.29, 1.82) is 0 Å². The van der Waals surface area contributed by atoms with Gasteiger partial charge in [-0.25, -0.2) is 9.97 Å². The minimum absolute atomic E-state index is 0.491. The highest BCUT2D eigenvalue weighted by atomic mass is 35.5. The lowest BCUT2D eigenvalue weighted by molar-refractivity contribution is 0.0166. The predicted octanol–water partition coefficient (Wildman–Crippen LogP) is 2.80. The number of halogens is 1. The van der Waals surface area contributed by atoms with Crippen molar-refractivity contribution in [3.8, 4) is 0 Å². The third kappa shape index (κ3) is 3.12. The van der Waals surface area contributed by atoms with Gasteiger partial charge in [-0.05, 0) is 19.3 Å². The average molecular weight is 270 g/mol. The van der Waals surface area contributed by atoms with Crippen molar-refractivity contribution >= 4 is 17.4 Å². The number of nitrogens with one attached hydrogen (secondary N) is 1. The zero-order chi connectivity index (χ0) is 13.0. The Morgan fingerprint density at radius 2 is 2.06 bits per heavy atom. The van der Waals surface area contributed by atoms with E-state index in [1.807, 2.05) is 6.92 Å². The smallest absolute Gasteiger partial charge is 0.137 e. The molecule has 18 heavy (non-hydrogen) atoms. The first-order chi connectivity index (χ1) is 8.64.